The normalized spacial score (nSPS) is 18.6. The summed E-state index contributed by atoms with van der Waals surface area (Å²) in [4.78, 5) is 25.3. The number of benzene rings is 1. The maximum absolute atomic E-state index is 12.2. The van der Waals surface area contributed by atoms with E-state index in [0.29, 0.717) is 30.2 Å². The molecule has 1 amide bonds. The number of aliphatic hydroxyl groups is 1. The van der Waals surface area contributed by atoms with E-state index in [0.717, 1.165) is 6.42 Å². The van der Waals surface area contributed by atoms with Gasteiger partial charge in [0.2, 0.25) is 0 Å². The van der Waals surface area contributed by atoms with Gasteiger partial charge in [-0.15, -0.1) is 0 Å². The highest BCUT2D eigenvalue weighted by Crippen LogP contribution is 2.28. The van der Waals surface area contributed by atoms with Crippen LogP contribution >= 0.6 is 0 Å². The fourth-order valence-electron chi connectivity index (χ4n) is 2.64. The highest BCUT2D eigenvalue weighted by atomic mass is 16.5. The van der Waals surface area contributed by atoms with Crippen LogP contribution in [0.3, 0.4) is 0 Å². The van der Waals surface area contributed by atoms with Gasteiger partial charge in [0.05, 0.1) is 13.2 Å². The van der Waals surface area contributed by atoms with Gasteiger partial charge in [-0.05, 0) is 38.5 Å². The third-order valence-corrected chi connectivity index (χ3v) is 4.18. The standard InChI is InChI=1S/C17H23NO5/c1-11(19)13-4-5-15(16(8-13)22-3)23-10-17(21)18-7-6-14(9-18)12(2)20/h4-5,8,12,14,20H,6-7,9-10H2,1-3H3/t12-,14+/m0/s1. The maximum atomic E-state index is 12.2. The van der Waals surface area contributed by atoms with Gasteiger partial charge in [-0.2, -0.15) is 0 Å². The Balaban J connectivity index is 1.95. The van der Waals surface area contributed by atoms with Gasteiger partial charge in [-0.25, -0.2) is 0 Å². The van der Waals surface area contributed by atoms with Crippen molar-refractivity contribution in [3.63, 3.8) is 0 Å². The first kappa shape index (κ1) is 17.3. The minimum Gasteiger partial charge on any atom is -0.493 e. The molecule has 0 spiro atoms. The number of ketones is 1. The number of carbonyl (C=O) groups is 2. The lowest BCUT2D eigenvalue weighted by Crippen LogP contribution is -2.34. The lowest BCUT2D eigenvalue weighted by atomic mass is 10.0. The molecule has 23 heavy (non-hydrogen) atoms. The van der Waals surface area contributed by atoms with Crippen molar-refractivity contribution in [3.05, 3.63) is 23.8 Å². The summed E-state index contributed by atoms with van der Waals surface area (Å²) in [6, 6.07) is 4.87. The van der Waals surface area contributed by atoms with Crippen molar-refractivity contribution < 1.29 is 24.2 Å². The summed E-state index contributed by atoms with van der Waals surface area (Å²) in [6.07, 6.45) is 0.396. The van der Waals surface area contributed by atoms with E-state index in [4.69, 9.17) is 9.47 Å². The second-order valence-electron chi connectivity index (χ2n) is 5.84. The monoisotopic (exact) mass is 321 g/mol. The van der Waals surface area contributed by atoms with Gasteiger partial charge >= 0.3 is 0 Å². The minimum atomic E-state index is -0.409. The van der Waals surface area contributed by atoms with E-state index in [1.807, 2.05) is 0 Å². The fourth-order valence-corrected chi connectivity index (χ4v) is 2.64. The third kappa shape index (κ3) is 4.22. The molecule has 2 atom stereocenters. The summed E-state index contributed by atoms with van der Waals surface area (Å²) < 4.78 is 10.7. The molecule has 1 aromatic carbocycles. The lowest BCUT2D eigenvalue weighted by molar-refractivity contribution is -0.132. The van der Waals surface area contributed by atoms with Crippen LogP contribution in [0.2, 0.25) is 0 Å². The van der Waals surface area contributed by atoms with Crippen molar-refractivity contribution in [2.75, 3.05) is 26.8 Å². The lowest BCUT2D eigenvalue weighted by Gasteiger charge is -2.18. The zero-order valence-electron chi connectivity index (χ0n) is 13.7. The van der Waals surface area contributed by atoms with Crippen LogP contribution in [0.4, 0.5) is 0 Å². The molecule has 0 bridgehead atoms. The summed E-state index contributed by atoms with van der Waals surface area (Å²) in [5.41, 5.74) is 0.528. The number of Topliss-reactive ketones (excluding diaryl/α,β-unsaturated/α-hetero) is 1. The molecule has 1 saturated heterocycles. The fraction of sp³-hybridized carbons (Fsp3) is 0.529. The molecule has 1 N–H and O–H groups in total. The molecule has 1 heterocycles. The predicted molar refractivity (Wildman–Crippen MR) is 84.9 cm³/mol. The molecule has 1 aromatic rings. The van der Waals surface area contributed by atoms with Crippen LogP contribution in [-0.2, 0) is 4.79 Å². The Hall–Kier alpha value is -2.08. The molecular formula is C17H23NO5. The molecule has 0 radical (unpaired) electrons. The number of hydrogen-bond acceptors (Lipinski definition) is 5. The molecule has 0 aromatic heterocycles. The van der Waals surface area contributed by atoms with E-state index in [1.165, 1.54) is 14.0 Å². The van der Waals surface area contributed by atoms with E-state index < -0.39 is 6.10 Å². The van der Waals surface area contributed by atoms with Gasteiger partial charge < -0.3 is 19.5 Å². The Morgan fingerprint density at radius 1 is 1.39 bits per heavy atom. The SMILES string of the molecule is COc1cc(C(C)=O)ccc1OCC(=O)N1CC[C@@H]([C@H](C)O)C1. The van der Waals surface area contributed by atoms with Crippen LogP contribution < -0.4 is 9.47 Å². The predicted octanol–water partition coefficient (Wildman–Crippen LogP) is 1.51. The van der Waals surface area contributed by atoms with Gasteiger partial charge in [-0.1, -0.05) is 0 Å². The average Bonchev–Trinajstić information content (AvgIpc) is 3.02. The van der Waals surface area contributed by atoms with Crippen LogP contribution in [0.1, 0.15) is 30.6 Å². The Morgan fingerprint density at radius 3 is 2.70 bits per heavy atom. The number of likely N-dealkylation sites (tertiary alicyclic amines) is 1. The zero-order chi connectivity index (χ0) is 17.0. The quantitative estimate of drug-likeness (QED) is 0.804. The second-order valence-corrected chi connectivity index (χ2v) is 5.84. The van der Waals surface area contributed by atoms with E-state index in [9.17, 15) is 14.7 Å². The molecule has 6 heteroatoms. The molecule has 0 unspecified atom stereocenters. The average molecular weight is 321 g/mol. The number of ether oxygens (including phenoxy) is 2. The molecule has 6 nitrogen and oxygen atoms in total. The summed E-state index contributed by atoms with van der Waals surface area (Å²) >= 11 is 0. The Bertz CT molecular complexity index is 584. The van der Waals surface area contributed by atoms with E-state index >= 15 is 0 Å². The number of methoxy groups -OCH3 is 1. The van der Waals surface area contributed by atoms with Crippen molar-refractivity contribution in [3.8, 4) is 11.5 Å². The Labute approximate surface area is 136 Å². The number of hydrogen-bond donors (Lipinski definition) is 1. The second kappa shape index (κ2) is 7.46. The highest BCUT2D eigenvalue weighted by molar-refractivity contribution is 5.94. The Kier molecular flexibility index (Phi) is 5.60. The smallest absolute Gasteiger partial charge is 0.260 e. The van der Waals surface area contributed by atoms with Crippen LogP contribution in [0.5, 0.6) is 11.5 Å². The van der Waals surface area contributed by atoms with Crippen molar-refractivity contribution >= 4 is 11.7 Å². The number of nitrogens with zero attached hydrogens (tertiary/aromatic N) is 1. The first-order chi connectivity index (χ1) is 10.9. The molecule has 2 rings (SSSR count). The molecule has 0 saturated carbocycles. The zero-order valence-corrected chi connectivity index (χ0v) is 13.7. The van der Waals surface area contributed by atoms with E-state index in [-0.39, 0.29) is 24.2 Å². The van der Waals surface area contributed by atoms with Crippen LogP contribution in [0.25, 0.3) is 0 Å². The summed E-state index contributed by atoms with van der Waals surface area (Å²) in [5, 5.41) is 9.59. The van der Waals surface area contributed by atoms with Crippen molar-refractivity contribution in [2.24, 2.45) is 5.92 Å². The van der Waals surface area contributed by atoms with Crippen molar-refractivity contribution in [1.29, 1.82) is 0 Å². The third-order valence-electron chi connectivity index (χ3n) is 4.18. The highest BCUT2D eigenvalue weighted by Gasteiger charge is 2.29. The van der Waals surface area contributed by atoms with Crippen LogP contribution in [0, 0.1) is 5.92 Å². The van der Waals surface area contributed by atoms with Gasteiger partial charge in [0.25, 0.3) is 5.91 Å². The summed E-state index contributed by atoms with van der Waals surface area (Å²) in [7, 11) is 1.49. The number of carbonyl (C=O) groups excluding carboxylic acids is 2. The maximum Gasteiger partial charge on any atom is 0.260 e. The minimum absolute atomic E-state index is 0.0628. The number of aliphatic hydroxyl groups excluding tert-OH is 1. The molecule has 1 aliphatic heterocycles. The van der Waals surface area contributed by atoms with Gasteiger partial charge in [0.1, 0.15) is 0 Å². The molecular weight excluding hydrogens is 298 g/mol. The van der Waals surface area contributed by atoms with Gasteiger partial charge in [0, 0.05) is 24.6 Å². The number of rotatable bonds is 6. The van der Waals surface area contributed by atoms with E-state index in [2.05, 4.69) is 0 Å². The van der Waals surface area contributed by atoms with Crippen LogP contribution in [-0.4, -0.2) is 54.6 Å². The summed E-state index contributed by atoms with van der Waals surface area (Å²) in [6.45, 7) is 4.32. The van der Waals surface area contributed by atoms with Crippen molar-refractivity contribution in [1.82, 2.24) is 4.90 Å². The topological polar surface area (TPSA) is 76.1 Å². The van der Waals surface area contributed by atoms with Crippen molar-refractivity contribution in [2.45, 2.75) is 26.4 Å². The molecule has 126 valence electrons. The van der Waals surface area contributed by atoms with Gasteiger partial charge in [0.15, 0.2) is 23.9 Å². The largest absolute Gasteiger partial charge is 0.493 e. The molecule has 1 aliphatic rings. The Morgan fingerprint density at radius 2 is 2.13 bits per heavy atom. The first-order valence-electron chi connectivity index (χ1n) is 7.70. The van der Waals surface area contributed by atoms with Gasteiger partial charge in [-0.3, -0.25) is 9.59 Å². The van der Waals surface area contributed by atoms with Crippen LogP contribution in [0.15, 0.2) is 18.2 Å². The van der Waals surface area contributed by atoms with E-state index in [1.54, 1.807) is 30.0 Å². The number of amides is 1. The molecule has 0 aliphatic carbocycles. The molecule has 1 fully saturated rings. The summed E-state index contributed by atoms with van der Waals surface area (Å²) in [5.74, 6) is 0.798. The first-order valence-corrected chi connectivity index (χ1v) is 7.70.